The first-order chi connectivity index (χ1) is 27.5. The Morgan fingerprint density at radius 2 is 1.67 bits per heavy atom. The molecule has 0 aliphatic carbocycles. The van der Waals surface area contributed by atoms with Crippen molar-refractivity contribution >= 4 is 28.9 Å². The molecule has 0 saturated carbocycles. The van der Waals surface area contributed by atoms with Crippen LogP contribution >= 0.6 is 0 Å². The van der Waals surface area contributed by atoms with Crippen molar-refractivity contribution in [1.29, 1.82) is 0 Å². The van der Waals surface area contributed by atoms with Crippen molar-refractivity contribution in [1.82, 2.24) is 35.3 Å². The van der Waals surface area contributed by atoms with E-state index >= 15 is 0 Å². The van der Waals surface area contributed by atoms with Gasteiger partial charge in [-0.05, 0) is 97.3 Å². The first kappa shape index (κ1) is 37.8. The molecule has 2 aliphatic rings. The highest BCUT2D eigenvalue weighted by Gasteiger charge is 2.27. The number of anilines is 1. The summed E-state index contributed by atoms with van der Waals surface area (Å²) in [7, 11) is 0. The van der Waals surface area contributed by atoms with E-state index in [0.29, 0.717) is 31.1 Å². The van der Waals surface area contributed by atoms with Crippen LogP contribution in [0.1, 0.15) is 90.9 Å². The van der Waals surface area contributed by atoms with Gasteiger partial charge in [0.1, 0.15) is 18.1 Å². The van der Waals surface area contributed by atoms with Gasteiger partial charge >= 0.3 is 0 Å². The lowest BCUT2D eigenvalue weighted by Crippen LogP contribution is -2.47. The minimum absolute atomic E-state index is 0.204. The normalized spacial score (nSPS) is 16.8. The van der Waals surface area contributed by atoms with Crippen LogP contribution in [-0.4, -0.2) is 61.5 Å². The number of benzene rings is 3. The summed E-state index contributed by atoms with van der Waals surface area (Å²) < 4.78 is 7.26. The number of aryl methyl sites for hydroxylation is 1. The lowest BCUT2D eigenvalue weighted by atomic mass is 9.89. The van der Waals surface area contributed by atoms with Crippen LogP contribution in [0.25, 0.3) is 27.9 Å². The van der Waals surface area contributed by atoms with E-state index in [0.717, 1.165) is 77.2 Å². The van der Waals surface area contributed by atoms with Gasteiger partial charge in [0.25, 0.3) is 5.91 Å². The first-order valence-corrected chi connectivity index (χ1v) is 19.7. The summed E-state index contributed by atoms with van der Waals surface area (Å²) >= 11 is 0. The lowest BCUT2D eigenvalue weighted by Gasteiger charge is -2.32. The third-order valence-corrected chi connectivity index (χ3v) is 11.2. The highest BCUT2D eigenvalue weighted by Crippen LogP contribution is 2.32. The second kappa shape index (κ2) is 15.8. The molecule has 12 heteroatoms. The fraction of sp³-hybridized carbons (Fsp3) is 0.333. The average molecular weight is 765 g/mol. The third kappa shape index (κ3) is 8.51. The maximum absolute atomic E-state index is 12.8. The van der Waals surface area contributed by atoms with Gasteiger partial charge in [-0.3, -0.25) is 24.6 Å². The van der Waals surface area contributed by atoms with Crippen LogP contribution in [0.2, 0.25) is 0 Å². The van der Waals surface area contributed by atoms with E-state index in [-0.39, 0.29) is 34.9 Å². The van der Waals surface area contributed by atoms with Crippen LogP contribution in [-0.2, 0) is 28.1 Å². The van der Waals surface area contributed by atoms with Crippen molar-refractivity contribution in [2.75, 3.05) is 18.4 Å². The van der Waals surface area contributed by atoms with Crippen LogP contribution < -0.4 is 16.0 Å². The second-order valence-corrected chi connectivity index (χ2v) is 16.3. The zero-order chi connectivity index (χ0) is 39.7. The van der Waals surface area contributed by atoms with E-state index in [9.17, 15) is 14.4 Å². The summed E-state index contributed by atoms with van der Waals surface area (Å²) in [5, 5.41) is 17.1. The van der Waals surface area contributed by atoms with Gasteiger partial charge in [0.15, 0.2) is 5.69 Å². The lowest BCUT2D eigenvalue weighted by molar-refractivity contribution is -0.133. The Labute approximate surface area is 332 Å². The molecule has 0 bridgehead atoms. The molecule has 8 rings (SSSR count). The Morgan fingerprint density at radius 1 is 0.912 bits per heavy atom. The zero-order valence-electron chi connectivity index (χ0n) is 32.8. The molecule has 2 fully saturated rings. The molecule has 5 heterocycles. The molecular formula is C45H48N8O4. The van der Waals surface area contributed by atoms with Crippen molar-refractivity contribution in [3.63, 3.8) is 0 Å². The van der Waals surface area contributed by atoms with Crippen molar-refractivity contribution in [3.8, 4) is 22.4 Å². The number of carbonyl (C=O) groups is 3. The molecule has 12 nitrogen and oxygen atoms in total. The van der Waals surface area contributed by atoms with Gasteiger partial charge in [-0.1, -0.05) is 74.5 Å². The van der Waals surface area contributed by atoms with Gasteiger partial charge in [-0.2, -0.15) is 5.10 Å². The molecule has 6 aromatic rings. The Bertz CT molecular complexity index is 2420. The number of carbonyl (C=O) groups excluding carboxylic acids is 3. The molecule has 3 amide bonds. The van der Waals surface area contributed by atoms with Crippen LogP contribution in [0, 0.1) is 6.92 Å². The number of piperidine rings is 2. The topological polar surface area (TPSA) is 147 Å². The minimum atomic E-state index is -0.374. The SMILES string of the molecule is Cc1cc(-c2ncnn3cc(-c4ccc(CN5CCC(c6ccc(NC7CCC(=O)NC7=O)cc6)CC5)cc4)cc23)ccc1CNC(=O)c1cc(C(C)(C)C)on1. The fourth-order valence-electron chi connectivity index (χ4n) is 7.72. The summed E-state index contributed by atoms with van der Waals surface area (Å²) in [6, 6.07) is 26.9. The number of aromatic nitrogens is 4. The van der Waals surface area contributed by atoms with Crippen LogP contribution in [0.4, 0.5) is 5.69 Å². The number of hydrogen-bond donors (Lipinski definition) is 3. The van der Waals surface area contributed by atoms with Gasteiger partial charge in [-0.25, -0.2) is 9.50 Å². The molecule has 3 N–H and O–H groups in total. The maximum atomic E-state index is 12.8. The molecule has 57 heavy (non-hydrogen) atoms. The van der Waals surface area contributed by atoms with E-state index in [2.05, 4.69) is 84.6 Å². The molecule has 0 radical (unpaired) electrons. The number of likely N-dealkylation sites (tertiary alicyclic amines) is 1. The summed E-state index contributed by atoms with van der Waals surface area (Å²) in [6.07, 6.45) is 6.70. The number of amides is 3. The van der Waals surface area contributed by atoms with Crippen molar-refractivity contribution < 1.29 is 18.9 Å². The maximum Gasteiger partial charge on any atom is 0.273 e. The highest BCUT2D eigenvalue weighted by atomic mass is 16.5. The summed E-state index contributed by atoms with van der Waals surface area (Å²) in [6.45, 7) is 11.4. The predicted octanol–water partition coefficient (Wildman–Crippen LogP) is 7.18. The van der Waals surface area contributed by atoms with E-state index < -0.39 is 0 Å². The van der Waals surface area contributed by atoms with Gasteiger partial charge in [0.05, 0.1) is 11.2 Å². The molecule has 0 spiro atoms. The van der Waals surface area contributed by atoms with Crippen molar-refractivity contribution in [3.05, 3.63) is 125 Å². The van der Waals surface area contributed by atoms with E-state index in [4.69, 9.17) is 4.52 Å². The number of imide groups is 1. The quantitative estimate of drug-likeness (QED) is 0.124. The zero-order valence-corrected chi connectivity index (χ0v) is 32.8. The molecule has 2 saturated heterocycles. The van der Waals surface area contributed by atoms with Crippen molar-refractivity contribution in [2.24, 2.45) is 0 Å². The number of nitrogens with zero attached hydrogens (tertiary/aromatic N) is 5. The molecular weight excluding hydrogens is 717 g/mol. The largest absolute Gasteiger partial charge is 0.374 e. The number of nitrogens with one attached hydrogen (secondary N) is 3. The smallest absolute Gasteiger partial charge is 0.273 e. The Morgan fingerprint density at radius 3 is 2.37 bits per heavy atom. The van der Waals surface area contributed by atoms with Crippen LogP contribution in [0.5, 0.6) is 0 Å². The van der Waals surface area contributed by atoms with Crippen molar-refractivity contribution in [2.45, 2.75) is 83.8 Å². The van der Waals surface area contributed by atoms with Crippen LogP contribution in [0.15, 0.2) is 95.9 Å². The molecule has 1 unspecified atom stereocenters. The Kier molecular flexibility index (Phi) is 10.5. The Balaban J connectivity index is 0.858. The molecule has 292 valence electrons. The molecule has 2 aliphatic heterocycles. The first-order valence-electron chi connectivity index (χ1n) is 19.7. The summed E-state index contributed by atoms with van der Waals surface area (Å²) in [4.78, 5) is 43.6. The minimum Gasteiger partial charge on any atom is -0.374 e. The fourth-order valence-corrected chi connectivity index (χ4v) is 7.72. The number of hydrogen-bond acceptors (Lipinski definition) is 9. The van der Waals surface area contributed by atoms with E-state index in [1.165, 1.54) is 11.1 Å². The predicted molar refractivity (Wildman–Crippen MR) is 218 cm³/mol. The third-order valence-electron chi connectivity index (χ3n) is 11.2. The number of rotatable bonds is 10. The molecule has 3 aromatic carbocycles. The second-order valence-electron chi connectivity index (χ2n) is 16.3. The Hall–Kier alpha value is -6.14. The average Bonchev–Trinajstić information content (AvgIpc) is 3.89. The highest BCUT2D eigenvalue weighted by molar-refractivity contribution is 6.01. The van der Waals surface area contributed by atoms with Gasteiger partial charge in [0, 0.05) is 54.0 Å². The van der Waals surface area contributed by atoms with Gasteiger partial charge in [-0.15, -0.1) is 0 Å². The number of fused-ring (bicyclic) bond motifs is 1. The molecule has 1 atom stereocenters. The summed E-state index contributed by atoms with van der Waals surface area (Å²) in [5.74, 6) is 0.449. The molecule has 3 aromatic heterocycles. The van der Waals surface area contributed by atoms with Crippen LogP contribution in [0.3, 0.4) is 0 Å². The van der Waals surface area contributed by atoms with Gasteiger partial charge in [0.2, 0.25) is 11.8 Å². The van der Waals surface area contributed by atoms with E-state index in [1.54, 1.807) is 12.4 Å². The monoisotopic (exact) mass is 764 g/mol. The van der Waals surface area contributed by atoms with Gasteiger partial charge < -0.3 is 15.2 Å². The standard InChI is InChI=1S/C45H48N8O4/c1-28-21-33(9-10-34(28)24-46-43(55)38-23-40(57-51-38)45(2,3)4)42-39-22-35(26-53(39)48-27-47-42)31-7-5-29(6-8-31)25-52-19-17-32(18-20-52)30-11-13-36(14-12-30)49-37-15-16-41(54)50-44(37)56/h5-14,21-23,26-27,32,37,49H,15-20,24-25H2,1-4H3,(H,46,55)(H,50,54,56). The van der Waals surface area contributed by atoms with E-state index in [1.807, 2.05) is 62.7 Å². The summed E-state index contributed by atoms with van der Waals surface area (Å²) in [5.41, 5.74) is 10.5.